The fourth-order valence-electron chi connectivity index (χ4n) is 3.59. The molecule has 0 radical (unpaired) electrons. The van der Waals surface area contributed by atoms with E-state index in [1.807, 2.05) is 48.5 Å². The SMILES string of the molecule is c1ccc(CN(C[C@H]2CCCO2)c2nncc(-c3cc4ccccc4o3)n2)nc1. The summed E-state index contributed by atoms with van der Waals surface area (Å²) in [5, 5.41) is 9.52. The third kappa shape index (κ3) is 3.95. The van der Waals surface area contributed by atoms with E-state index in [0.717, 1.165) is 36.1 Å². The Balaban J connectivity index is 1.47. The molecule has 0 bridgehead atoms. The van der Waals surface area contributed by atoms with Crippen LogP contribution in [0.25, 0.3) is 22.4 Å². The largest absolute Gasteiger partial charge is 0.454 e. The van der Waals surface area contributed by atoms with Crippen LogP contribution in [0.5, 0.6) is 0 Å². The van der Waals surface area contributed by atoms with Gasteiger partial charge in [0.2, 0.25) is 5.95 Å². The Morgan fingerprint density at radius 3 is 2.86 bits per heavy atom. The van der Waals surface area contributed by atoms with E-state index in [1.165, 1.54) is 0 Å². The number of nitrogens with zero attached hydrogens (tertiary/aromatic N) is 5. The van der Waals surface area contributed by atoms with Crippen molar-refractivity contribution in [3.63, 3.8) is 0 Å². The Bertz CT molecular complexity index is 1060. The molecule has 0 aliphatic carbocycles. The molecule has 4 aromatic rings. The number of furan rings is 1. The monoisotopic (exact) mass is 387 g/mol. The smallest absolute Gasteiger partial charge is 0.246 e. The first kappa shape index (κ1) is 17.8. The average Bonchev–Trinajstić information content (AvgIpc) is 3.44. The predicted molar refractivity (Wildman–Crippen MR) is 109 cm³/mol. The minimum absolute atomic E-state index is 0.164. The van der Waals surface area contributed by atoms with Crippen molar-refractivity contribution >= 4 is 16.9 Å². The molecule has 1 atom stereocenters. The lowest BCUT2D eigenvalue weighted by atomic mass is 10.2. The molecule has 4 heterocycles. The van der Waals surface area contributed by atoms with E-state index in [-0.39, 0.29) is 6.10 Å². The molecule has 0 amide bonds. The third-order valence-corrected chi connectivity index (χ3v) is 5.04. The van der Waals surface area contributed by atoms with Crippen molar-refractivity contribution in [2.45, 2.75) is 25.5 Å². The minimum Gasteiger partial charge on any atom is -0.454 e. The van der Waals surface area contributed by atoms with Crippen LogP contribution < -0.4 is 4.90 Å². The van der Waals surface area contributed by atoms with Crippen molar-refractivity contribution in [1.29, 1.82) is 0 Å². The Kier molecular flexibility index (Phi) is 4.88. The van der Waals surface area contributed by atoms with E-state index in [9.17, 15) is 0 Å². The zero-order valence-electron chi connectivity index (χ0n) is 15.9. The molecular weight excluding hydrogens is 366 g/mol. The van der Waals surface area contributed by atoms with E-state index in [4.69, 9.17) is 14.1 Å². The van der Waals surface area contributed by atoms with Crippen molar-refractivity contribution < 1.29 is 9.15 Å². The van der Waals surface area contributed by atoms with Gasteiger partial charge in [-0.25, -0.2) is 4.98 Å². The van der Waals surface area contributed by atoms with Gasteiger partial charge in [0, 0.05) is 24.7 Å². The van der Waals surface area contributed by atoms with Gasteiger partial charge >= 0.3 is 0 Å². The number of rotatable bonds is 6. The maximum atomic E-state index is 5.95. The van der Waals surface area contributed by atoms with Gasteiger partial charge in [-0.3, -0.25) is 4.98 Å². The number of fused-ring (bicyclic) bond motifs is 1. The number of benzene rings is 1. The molecule has 1 saturated heterocycles. The Hall–Kier alpha value is -3.32. The number of anilines is 1. The van der Waals surface area contributed by atoms with Crippen LogP contribution in [-0.2, 0) is 11.3 Å². The van der Waals surface area contributed by atoms with Gasteiger partial charge in [-0.1, -0.05) is 24.3 Å². The summed E-state index contributed by atoms with van der Waals surface area (Å²) < 4.78 is 11.8. The van der Waals surface area contributed by atoms with Crippen molar-refractivity contribution in [1.82, 2.24) is 20.2 Å². The standard InChI is InChI=1S/C22H21N5O2/c1-2-9-20-16(6-1)12-21(29-20)19-13-24-26-22(25-19)27(15-18-8-5-11-28-18)14-17-7-3-4-10-23-17/h1-4,6-7,9-10,12-13,18H,5,8,11,14-15H2/t18-/m1/s1. The molecule has 1 fully saturated rings. The van der Waals surface area contributed by atoms with Gasteiger partial charge in [-0.2, -0.15) is 5.10 Å². The van der Waals surface area contributed by atoms with Gasteiger partial charge in [0.25, 0.3) is 0 Å². The van der Waals surface area contributed by atoms with Crippen molar-refractivity contribution in [2.75, 3.05) is 18.1 Å². The zero-order valence-corrected chi connectivity index (χ0v) is 15.9. The van der Waals surface area contributed by atoms with Crippen molar-refractivity contribution in [3.8, 4) is 11.5 Å². The molecule has 0 N–H and O–H groups in total. The van der Waals surface area contributed by atoms with Crippen LogP contribution >= 0.6 is 0 Å². The fraction of sp³-hybridized carbons (Fsp3) is 0.273. The Morgan fingerprint density at radius 2 is 2.03 bits per heavy atom. The molecule has 0 saturated carbocycles. The van der Waals surface area contributed by atoms with Gasteiger partial charge < -0.3 is 14.1 Å². The molecule has 1 aromatic carbocycles. The minimum atomic E-state index is 0.164. The molecule has 0 unspecified atom stereocenters. The summed E-state index contributed by atoms with van der Waals surface area (Å²) in [5.41, 5.74) is 2.43. The summed E-state index contributed by atoms with van der Waals surface area (Å²) in [4.78, 5) is 11.3. The molecule has 1 aliphatic heterocycles. The van der Waals surface area contributed by atoms with Gasteiger partial charge in [-0.05, 0) is 37.1 Å². The lowest BCUT2D eigenvalue weighted by Crippen LogP contribution is -2.33. The van der Waals surface area contributed by atoms with Crippen molar-refractivity contribution in [3.05, 3.63) is 66.6 Å². The highest BCUT2D eigenvalue weighted by Gasteiger charge is 2.22. The Morgan fingerprint density at radius 1 is 1.10 bits per heavy atom. The number of hydrogen-bond donors (Lipinski definition) is 0. The summed E-state index contributed by atoms with van der Waals surface area (Å²) in [6.45, 7) is 2.09. The van der Waals surface area contributed by atoms with Gasteiger partial charge in [-0.15, -0.1) is 5.10 Å². The van der Waals surface area contributed by atoms with Crippen LogP contribution in [0.3, 0.4) is 0 Å². The first-order chi connectivity index (χ1) is 14.3. The van der Waals surface area contributed by atoms with Crippen LogP contribution in [0.2, 0.25) is 0 Å². The van der Waals surface area contributed by atoms with Gasteiger partial charge in [0.15, 0.2) is 5.76 Å². The normalized spacial score (nSPS) is 16.3. The van der Waals surface area contributed by atoms with Crippen LogP contribution in [0.15, 0.2) is 65.3 Å². The zero-order chi connectivity index (χ0) is 19.5. The molecule has 146 valence electrons. The lowest BCUT2D eigenvalue weighted by Gasteiger charge is -2.24. The molecule has 7 nitrogen and oxygen atoms in total. The third-order valence-electron chi connectivity index (χ3n) is 5.04. The van der Waals surface area contributed by atoms with E-state index in [0.29, 0.717) is 30.5 Å². The summed E-state index contributed by atoms with van der Waals surface area (Å²) >= 11 is 0. The summed E-state index contributed by atoms with van der Waals surface area (Å²) in [5.74, 6) is 1.22. The van der Waals surface area contributed by atoms with Crippen molar-refractivity contribution in [2.24, 2.45) is 0 Å². The van der Waals surface area contributed by atoms with Crippen LogP contribution in [0.4, 0.5) is 5.95 Å². The predicted octanol–water partition coefficient (Wildman–Crippen LogP) is 3.87. The molecule has 1 aliphatic rings. The van der Waals surface area contributed by atoms with E-state index >= 15 is 0 Å². The molecule has 7 heteroatoms. The number of para-hydroxylation sites is 1. The van der Waals surface area contributed by atoms with E-state index in [1.54, 1.807) is 12.4 Å². The molecule has 0 spiro atoms. The number of hydrogen-bond acceptors (Lipinski definition) is 7. The second kappa shape index (κ2) is 7.97. The second-order valence-corrected chi connectivity index (χ2v) is 7.13. The van der Waals surface area contributed by atoms with Gasteiger partial charge in [0.05, 0.1) is 24.5 Å². The molecule has 5 rings (SSSR count). The molecule has 3 aromatic heterocycles. The summed E-state index contributed by atoms with van der Waals surface area (Å²) in [6, 6.07) is 15.8. The average molecular weight is 387 g/mol. The highest BCUT2D eigenvalue weighted by atomic mass is 16.5. The van der Waals surface area contributed by atoms with E-state index in [2.05, 4.69) is 20.1 Å². The Labute approximate surface area is 168 Å². The molecular formula is C22H21N5O2. The maximum absolute atomic E-state index is 5.95. The highest BCUT2D eigenvalue weighted by Crippen LogP contribution is 2.27. The number of ether oxygens (including phenoxy) is 1. The maximum Gasteiger partial charge on any atom is 0.246 e. The topological polar surface area (TPSA) is 77.2 Å². The lowest BCUT2D eigenvalue weighted by molar-refractivity contribution is 0.115. The summed E-state index contributed by atoms with van der Waals surface area (Å²) in [7, 11) is 0. The van der Waals surface area contributed by atoms with Crippen LogP contribution in [-0.4, -0.2) is 39.4 Å². The highest BCUT2D eigenvalue weighted by molar-refractivity contribution is 5.82. The fourth-order valence-corrected chi connectivity index (χ4v) is 3.59. The van der Waals surface area contributed by atoms with Crippen LogP contribution in [0, 0.1) is 0 Å². The quantitative estimate of drug-likeness (QED) is 0.497. The first-order valence-electron chi connectivity index (χ1n) is 9.80. The summed E-state index contributed by atoms with van der Waals surface area (Å²) in [6.07, 6.45) is 5.71. The first-order valence-corrected chi connectivity index (χ1v) is 9.80. The van der Waals surface area contributed by atoms with Crippen LogP contribution in [0.1, 0.15) is 18.5 Å². The van der Waals surface area contributed by atoms with Gasteiger partial charge in [0.1, 0.15) is 11.3 Å². The second-order valence-electron chi connectivity index (χ2n) is 7.13. The molecule has 29 heavy (non-hydrogen) atoms. The number of aromatic nitrogens is 4. The number of pyridine rings is 1. The van der Waals surface area contributed by atoms with E-state index < -0.39 is 0 Å².